The summed E-state index contributed by atoms with van der Waals surface area (Å²) in [5.74, 6) is -0.267. The number of piperidine rings is 1. The predicted octanol–water partition coefficient (Wildman–Crippen LogP) is 3.55. The van der Waals surface area contributed by atoms with Crippen molar-refractivity contribution in [2.75, 3.05) is 13.1 Å². The lowest BCUT2D eigenvalue weighted by atomic mass is 10.1. The molecule has 1 fully saturated rings. The van der Waals surface area contributed by atoms with Gasteiger partial charge in [0.05, 0.1) is 6.10 Å². The summed E-state index contributed by atoms with van der Waals surface area (Å²) in [6, 6.07) is 10.3. The lowest BCUT2D eigenvalue weighted by Crippen LogP contribution is -2.39. The molecule has 0 aliphatic carbocycles. The fraction of sp³-hybridized carbons (Fsp3) is 0.278. The molecular weight excluding hydrogens is 313 g/mol. The van der Waals surface area contributed by atoms with Crippen LogP contribution in [-0.4, -0.2) is 35.1 Å². The standard InChI is InChI=1S/C18H18FNO2S/c19-14-3-1-13(2-4-14)17-7-5-16(23-17)6-8-18(22)20-11-9-15(21)10-12-20/h1-8,15,21H,9-12H2. The van der Waals surface area contributed by atoms with Gasteiger partial charge in [0.1, 0.15) is 5.82 Å². The first-order chi connectivity index (χ1) is 11.1. The van der Waals surface area contributed by atoms with E-state index in [0.717, 1.165) is 15.3 Å². The van der Waals surface area contributed by atoms with Gasteiger partial charge < -0.3 is 10.0 Å². The third-order valence-electron chi connectivity index (χ3n) is 3.92. The number of amides is 1. The van der Waals surface area contributed by atoms with Crippen LogP contribution in [0.1, 0.15) is 17.7 Å². The molecule has 0 spiro atoms. The number of hydrogen-bond acceptors (Lipinski definition) is 3. The molecule has 1 N–H and O–H groups in total. The third-order valence-corrected chi connectivity index (χ3v) is 5.02. The van der Waals surface area contributed by atoms with Gasteiger partial charge in [-0.2, -0.15) is 0 Å². The Morgan fingerprint density at radius 3 is 2.57 bits per heavy atom. The summed E-state index contributed by atoms with van der Waals surface area (Å²) >= 11 is 1.56. The average molecular weight is 331 g/mol. The third kappa shape index (κ3) is 4.06. The fourth-order valence-corrected chi connectivity index (χ4v) is 3.47. The molecule has 0 unspecified atom stereocenters. The van der Waals surface area contributed by atoms with Gasteiger partial charge in [-0.1, -0.05) is 12.1 Å². The van der Waals surface area contributed by atoms with Crippen molar-refractivity contribution in [3.8, 4) is 10.4 Å². The second-order valence-electron chi connectivity index (χ2n) is 5.60. The highest BCUT2D eigenvalue weighted by atomic mass is 32.1. The van der Waals surface area contributed by atoms with Crippen LogP contribution >= 0.6 is 11.3 Å². The predicted molar refractivity (Wildman–Crippen MR) is 90.6 cm³/mol. The second-order valence-corrected chi connectivity index (χ2v) is 6.71. The molecule has 0 saturated carbocycles. The van der Waals surface area contributed by atoms with Crippen molar-refractivity contribution in [2.24, 2.45) is 0 Å². The van der Waals surface area contributed by atoms with E-state index in [1.807, 2.05) is 18.2 Å². The lowest BCUT2D eigenvalue weighted by molar-refractivity contribution is -0.127. The summed E-state index contributed by atoms with van der Waals surface area (Å²) in [4.78, 5) is 15.9. The SMILES string of the molecule is O=C(C=Cc1ccc(-c2ccc(F)cc2)s1)N1CCC(O)CC1. The molecule has 2 heterocycles. The van der Waals surface area contributed by atoms with E-state index in [9.17, 15) is 14.3 Å². The van der Waals surface area contributed by atoms with E-state index < -0.39 is 0 Å². The summed E-state index contributed by atoms with van der Waals surface area (Å²) < 4.78 is 13.0. The summed E-state index contributed by atoms with van der Waals surface area (Å²) in [5.41, 5.74) is 0.965. The molecule has 3 rings (SSSR count). The molecule has 1 aliphatic heterocycles. The molecule has 1 saturated heterocycles. The Hall–Kier alpha value is -1.98. The summed E-state index contributed by atoms with van der Waals surface area (Å²) in [7, 11) is 0. The van der Waals surface area contributed by atoms with Gasteiger partial charge in [0.2, 0.25) is 5.91 Å². The molecule has 1 aromatic heterocycles. The quantitative estimate of drug-likeness (QED) is 0.874. The fourth-order valence-electron chi connectivity index (χ4n) is 2.56. The van der Waals surface area contributed by atoms with Crippen LogP contribution in [0.15, 0.2) is 42.5 Å². The van der Waals surface area contributed by atoms with Crippen molar-refractivity contribution < 1.29 is 14.3 Å². The van der Waals surface area contributed by atoms with Crippen LogP contribution in [0.4, 0.5) is 4.39 Å². The molecule has 0 bridgehead atoms. The topological polar surface area (TPSA) is 40.5 Å². The zero-order chi connectivity index (χ0) is 16.2. The number of aliphatic hydroxyl groups excluding tert-OH is 1. The van der Waals surface area contributed by atoms with Crippen LogP contribution < -0.4 is 0 Å². The maximum atomic E-state index is 13.0. The number of benzene rings is 1. The molecule has 3 nitrogen and oxygen atoms in total. The van der Waals surface area contributed by atoms with Crippen molar-refractivity contribution in [1.82, 2.24) is 4.90 Å². The van der Waals surface area contributed by atoms with Crippen LogP contribution in [0.3, 0.4) is 0 Å². The first-order valence-corrected chi connectivity index (χ1v) is 8.44. The lowest BCUT2D eigenvalue weighted by Gasteiger charge is -2.28. The highest BCUT2D eigenvalue weighted by molar-refractivity contribution is 7.16. The normalized spacial score (nSPS) is 16.2. The first kappa shape index (κ1) is 15.9. The van der Waals surface area contributed by atoms with E-state index >= 15 is 0 Å². The van der Waals surface area contributed by atoms with Gasteiger partial charge in [-0.25, -0.2) is 4.39 Å². The maximum absolute atomic E-state index is 13.0. The van der Waals surface area contributed by atoms with E-state index in [-0.39, 0.29) is 17.8 Å². The molecule has 0 radical (unpaired) electrons. The molecule has 2 aromatic rings. The van der Waals surface area contributed by atoms with Crippen molar-refractivity contribution in [3.05, 3.63) is 53.2 Å². The number of thiophene rings is 1. The smallest absolute Gasteiger partial charge is 0.246 e. The molecule has 120 valence electrons. The Bertz CT molecular complexity index is 700. The minimum atomic E-state index is -0.279. The van der Waals surface area contributed by atoms with Gasteiger partial charge in [-0.15, -0.1) is 11.3 Å². The van der Waals surface area contributed by atoms with Crippen molar-refractivity contribution in [3.63, 3.8) is 0 Å². The number of likely N-dealkylation sites (tertiary alicyclic amines) is 1. The molecule has 5 heteroatoms. The molecule has 0 atom stereocenters. The average Bonchev–Trinajstić information content (AvgIpc) is 3.03. The van der Waals surface area contributed by atoms with Crippen molar-refractivity contribution in [2.45, 2.75) is 18.9 Å². The molecular formula is C18H18FNO2S. The number of hydrogen-bond donors (Lipinski definition) is 1. The Morgan fingerprint density at radius 2 is 1.87 bits per heavy atom. The van der Waals surface area contributed by atoms with Gasteiger partial charge in [-0.3, -0.25) is 4.79 Å². The largest absolute Gasteiger partial charge is 0.393 e. The Morgan fingerprint density at radius 1 is 1.17 bits per heavy atom. The minimum absolute atomic E-state index is 0.0198. The van der Waals surface area contributed by atoms with Gasteiger partial charge in [0.15, 0.2) is 0 Å². The number of aliphatic hydroxyl groups is 1. The molecule has 1 aliphatic rings. The number of nitrogens with zero attached hydrogens (tertiary/aromatic N) is 1. The van der Waals surface area contributed by atoms with Crippen molar-refractivity contribution >= 4 is 23.3 Å². The zero-order valence-electron chi connectivity index (χ0n) is 12.6. The van der Waals surface area contributed by atoms with Gasteiger partial charge in [-0.05, 0) is 48.7 Å². The van der Waals surface area contributed by atoms with Crippen LogP contribution in [0, 0.1) is 5.82 Å². The molecule has 1 aromatic carbocycles. The summed E-state index contributed by atoms with van der Waals surface area (Å²) in [6.45, 7) is 1.21. The second kappa shape index (κ2) is 7.06. The minimum Gasteiger partial charge on any atom is -0.393 e. The Balaban J connectivity index is 1.64. The van der Waals surface area contributed by atoms with Crippen molar-refractivity contribution in [1.29, 1.82) is 0 Å². The maximum Gasteiger partial charge on any atom is 0.246 e. The number of rotatable bonds is 3. The zero-order valence-corrected chi connectivity index (χ0v) is 13.4. The number of carbonyl (C=O) groups excluding carboxylic acids is 1. The Kier molecular flexibility index (Phi) is 4.88. The van der Waals surface area contributed by atoms with Crippen LogP contribution in [0.5, 0.6) is 0 Å². The highest BCUT2D eigenvalue weighted by Gasteiger charge is 2.19. The summed E-state index contributed by atoms with van der Waals surface area (Å²) in [5, 5.41) is 9.47. The monoisotopic (exact) mass is 331 g/mol. The first-order valence-electron chi connectivity index (χ1n) is 7.62. The van der Waals surface area contributed by atoms with E-state index in [2.05, 4.69) is 0 Å². The molecule has 1 amide bonds. The number of carbonyl (C=O) groups is 1. The number of halogens is 1. The molecule has 23 heavy (non-hydrogen) atoms. The van der Waals surface area contributed by atoms with E-state index in [0.29, 0.717) is 25.9 Å². The van der Waals surface area contributed by atoms with Gasteiger partial charge in [0.25, 0.3) is 0 Å². The van der Waals surface area contributed by atoms with E-state index in [4.69, 9.17) is 0 Å². The highest BCUT2D eigenvalue weighted by Crippen LogP contribution is 2.29. The van der Waals surface area contributed by atoms with E-state index in [1.54, 1.807) is 34.4 Å². The van der Waals surface area contributed by atoms with Crippen LogP contribution in [-0.2, 0) is 4.79 Å². The Labute approximate surface area is 138 Å². The summed E-state index contributed by atoms with van der Waals surface area (Å²) in [6.07, 6.45) is 4.41. The van der Waals surface area contributed by atoms with Crippen LogP contribution in [0.25, 0.3) is 16.5 Å². The van der Waals surface area contributed by atoms with Gasteiger partial charge >= 0.3 is 0 Å². The van der Waals surface area contributed by atoms with Gasteiger partial charge in [0, 0.05) is 28.9 Å². The van der Waals surface area contributed by atoms with Crippen LogP contribution in [0.2, 0.25) is 0 Å². The van der Waals surface area contributed by atoms with E-state index in [1.165, 1.54) is 12.1 Å².